The Bertz CT molecular complexity index is 282. The number of halogens is 1. The molecule has 0 saturated heterocycles. The fourth-order valence-electron chi connectivity index (χ4n) is 1.33. The summed E-state index contributed by atoms with van der Waals surface area (Å²) in [6, 6.07) is 3.43. The average molecular weight is 182 g/mol. The number of benzene rings is 1. The Balaban J connectivity index is 3.20. The largest absolute Gasteiger partial charge is 0.392 e. The lowest BCUT2D eigenvalue weighted by Gasteiger charge is -2.10. The van der Waals surface area contributed by atoms with Crippen LogP contribution >= 0.6 is 0 Å². The van der Waals surface area contributed by atoms with Gasteiger partial charge in [-0.25, -0.2) is 4.39 Å². The average Bonchev–Trinajstić information content (AvgIpc) is 2.03. The summed E-state index contributed by atoms with van der Waals surface area (Å²) in [6.45, 7) is 5.64. The zero-order chi connectivity index (χ0) is 10.0. The molecule has 0 heterocycles. The minimum atomic E-state index is -0.300. The Morgan fingerprint density at radius 2 is 2.00 bits per heavy atom. The van der Waals surface area contributed by atoms with E-state index < -0.39 is 0 Å². The van der Waals surface area contributed by atoms with Crippen LogP contribution in [0.4, 0.5) is 4.39 Å². The van der Waals surface area contributed by atoms with Gasteiger partial charge in [-0.3, -0.25) is 0 Å². The van der Waals surface area contributed by atoms with Crippen LogP contribution in [0.3, 0.4) is 0 Å². The third-order valence-electron chi connectivity index (χ3n) is 2.27. The maximum absolute atomic E-state index is 13.3. The molecule has 13 heavy (non-hydrogen) atoms. The van der Waals surface area contributed by atoms with E-state index in [1.54, 1.807) is 0 Å². The third kappa shape index (κ3) is 2.07. The van der Waals surface area contributed by atoms with E-state index >= 15 is 0 Å². The molecule has 0 fully saturated rings. The molecule has 0 saturated carbocycles. The number of hydrogen-bond acceptors (Lipinski definition) is 1. The van der Waals surface area contributed by atoms with Gasteiger partial charge in [0, 0.05) is 5.56 Å². The summed E-state index contributed by atoms with van der Waals surface area (Å²) in [7, 11) is 0. The molecular formula is C11H15FO. The maximum atomic E-state index is 13.3. The Morgan fingerprint density at radius 3 is 2.38 bits per heavy atom. The molecule has 2 heteroatoms. The maximum Gasteiger partial charge on any atom is 0.129 e. The van der Waals surface area contributed by atoms with E-state index in [1.165, 1.54) is 6.07 Å². The monoisotopic (exact) mass is 182 g/mol. The van der Waals surface area contributed by atoms with Gasteiger partial charge >= 0.3 is 0 Å². The van der Waals surface area contributed by atoms with Crippen LogP contribution in [-0.2, 0) is 6.61 Å². The van der Waals surface area contributed by atoms with E-state index in [9.17, 15) is 4.39 Å². The molecule has 0 unspecified atom stereocenters. The first-order chi connectivity index (χ1) is 6.06. The number of rotatable bonds is 2. The number of aryl methyl sites for hydroxylation is 1. The first-order valence-corrected chi connectivity index (χ1v) is 4.46. The summed E-state index contributed by atoms with van der Waals surface area (Å²) >= 11 is 0. The van der Waals surface area contributed by atoms with Gasteiger partial charge in [0.15, 0.2) is 0 Å². The molecule has 0 amide bonds. The minimum Gasteiger partial charge on any atom is -0.392 e. The summed E-state index contributed by atoms with van der Waals surface area (Å²) in [5.74, 6) is 0.0205. The van der Waals surface area contributed by atoms with Gasteiger partial charge in [-0.1, -0.05) is 19.9 Å². The van der Waals surface area contributed by atoms with Crippen molar-refractivity contribution in [1.82, 2.24) is 0 Å². The van der Waals surface area contributed by atoms with Crippen molar-refractivity contribution in [1.29, 1.82) is 0 Å². The second kappa shape index (κ2) is 3.88. The normalized spacial score (nSPS) is 10.9. The molecule has 0 aliphatic carbocycles. The third-order valence-corrected chi connectivity index (χ3v) is 2.27. The van der Waals surface area contributed by atoms with Crippen molar-refractivity contribution in [3.8, 4) is 0 Å². The molecule has 1 aromatic carbocycles. The lowest BCUT2D eigenvalue weighted by Crippen LogP contribution is -1.98. The fourth-order valence-corrected chi connectivity index (χ4v) is 1.33. The zero-order valence-corrected chi connectivity index (χ0v) is 8.26. The minimum absolute atomic E-state index is 0.226. The highest BCUT2D eigenvalue weighted by atomic mass is 19.1. The van der Waals surface area contributed by atoms with Crippen molar-refractivity contribution in [3.63, 3.8) is 0 Å². The Hall–Kier alpha value is -0.890. The van der Waals surface area contributed by atoms with Crippen molar-refractivity contribution in [2.24, 2.45) is 0 Å². The molecule has 0 aromatic heterocycles. The smallest absolute Gasteiger partial charge is 0.129 e. The van der Waals surface area contributed by atoms with E-state index in [4.69, 9.17) is 5.11 Å². The molecule has 0 spiro atoms. The summed E-state index contributed by atoms with van der Waals surface area (Å²) < 4.78 is 13.3. The van der Waals surface area contributed by atoms with E-state index in [2.05, 4.69) is 0 Å². The second-order valence-electron chi connectivity index (χ2n) is 3.61. The Morgan fingerprint density at radius 1 is 1.38 bits per heavy atom. The Labute approximate surface area is 78.2 Å². The van der Waals surface area contributed by atoms with Crippen LogP contribution in [0.25, 0.3) is 0 Å². The van der Waals surface area contributed by atoms with Crippen molar-refractivity contribution in [2.75, 3.05) is 0 Å². The van der Waals surface area contributed by atoms with Gasteiger partial charge in [0.25, 0.3) is 0 Å². The van der Waals surface area contributed by atoms with Crippen molar-refractivity contribution < 1.29 is 9.50 Å². The number of aliphatic hydroxyl groups is 1. The first-order valence-electron chi connectivity index (χ1n) is 4.46. The van der Waals surface area contributed by atoms with Crippen LogP contribution in [0.2, 0.25) is 0 Å². The van der Waals surface area contributed by atoms with Gasteiger partial charge in [-0.15, -0.1) is 0 Å². The van der Waals surface area contributed by atoms with Crippen LogP contribution in [0.15, 0.2) is 12.1 Å². The molecule has 1 nitrogen and oxygen atoms in total. The topological polar surface area (TPSA) is 20.2 Å². The first kappa shape index (κ1) is 10.2. The van der Waals surface area contributed by atoms with Crippen molar-refractivity contribution >= 4 is 0 Å². The highest BCUT2D eigenvalue weighted by molar-refractivity contribution is 5.33. The molecule has 0 aliphatic heterocycles. The molecule has 0 bridgehead atoms. The summed E-state index contributed by atoms with van der Waals surface area (Å²) in [4.78, 5) is 0. The highest BCUT2D eigenvalue weighted by Gasteiger charge is 2.08. The van der Waals surface area contributed by atoms with E-state index in [1.807, 2.05) is 26.8 Å². The quantitative estimate of drug-likeness (QED) is 0.745. The summed E-state index contributed by atoms with van der Waals surface area (Å²) in [5.41, 5.74) is 2.21. The van der Waals surface area contributed by atoms with Gasteiger partial charge in [-0.05, 0) is 30.0 Å². The lowest BCUT2D eigenvalue weighted by atomic mass is 9.98. The molecule has 1 aromatic rings. The second-order valence-corrected chi connectivity index (χ2v) is 3.61. The van der Waals surface area contributed by atoms with Crippen LogP contribution in [-0.4, -0.2) is 5.11 Å². The predicted molar refractivity (Wildman–Crippen MR) is 51.1 cm³/mol. The van der Waals surface area contributed by atoms with Gasteiger partial charge in [0.05, 0.1) is 6.61 Å². The fraction of sp³-hybridized carbons (Fsp3) is 0.455. The van der Waals surface area contributed by atoms with Crippen LogP contribution in [0.5, 0.6) is 0 Å². The molecule has 1 rings (SSSR count). The lowest BCUT2D eigenvalue weighted by molar-refractivity contribution is 0.274. The zero-order valence-electron chi connectivity index (χ0n) is 8.26. The van der Waals surface area contributed by atoms with Gasteiger partial charge in [0.1, 0.15) is 5.82 Å². The van der Waals surface area contributed by atoms with Gasteiger partial charge < -0.3 is 5.11 Å². The van der Waals surface area contributed by atoms with Crippen LogP contribution in [0.1, 0.15) is 36.5 Å². The van der Waals surface area contributed by atoms with E-state index in [0.717, 1.165) is 11.1 Å². The Kier molecular flexibility index (Phi) is 3.04. The number of aliphatic hydroxyl groups excluding tert-OH is 1. The van der Waals surface area contributed by atoms with Crippen molar-refractivity contribution in [2.45, 2.75) is 33.3 Å². The number of hydrogen-bond donors (Lipinski definition) is 1. The molecule has 0 radical (unpaired) electrons. The van der Waals surface area contributed by atoms with E-state index in [0.29, 0.717) is 11.5 Å². The summed E-state index contributed by atoms with van der Waals surface area (Å²) in [6.07, 6.45) is 0. The summed E-state index contributed by atoms with van der Waals surface area (Å²) in [5, 5.41) is 8.89. The molecule has 0 aliphatic rings. The SMILES string of the molecule is Cc1cc(C(C)C)cc(F)c1CO. The van der Waals surface area contributed by atoms with Crippen molar-refractivity contribution in [3.05, 3.63) is 34.6 Å². The molecule has 1 N–H and O–H groups in total. The highest BCUT2D eigenvalue weighted by Crippen LogP contribution is 2.21. The predicted octanol–water partition coefficient (Wildman–Crippen LogP) is 2.75. The van der Waals surface area contributed by atoms with Gasteiger partial charge in [-0.2, -0.15) is 0 Å². The standard InChI is InChI=1S/C11H15FO/c1-7(2)9-4-8(3)10(6-13)11(12)5-9/h4-5,7,13H,6H2,1-3H3. The molecule has 0 atom stereocenters. The molecular weight excluding hydrogens is 167 g/mol. The van der Waals surface area contributed by atoms with Gasteiger partial charge in [0.2, 0.25) is 0 Å². The van der Waals surface area contributed by atoms with Crippen LogP contribution in [0, 0.1) is 12.7 Å². The van der Waals surface area contributed by atoms with Crippen LogP contribution < -0.4 is 0 Å². The molecule has 72 valence electrons. The van der Waals surface area contributed by atoms with E-state index in [-0.39, 0.29) is 12.4 Å².